The molecule has 1 aromatic heterocycles. The molecular formula is C10H14N2. The average molecular weight is 162 g/mol. The van der Waals surface area contributed by atoms with Crippen LogP contribution in [-0.4, -0.2) is 9.97 Å². The predicted octanol–water partition coefficient (Wildman–Crippen LogP) is 2.16. The third-order valence-corrected chi connectivity index (χ3v) is 3.01. The molecule has 0 bridgehead atoms. The molecule has 1 aromatic rings. The summed E-state index contributed by atoms with van der Waals surface area (Å²) < 4.78 is 0. The van der Waals surface area contributed by atoms with Crippen LogP contribution in [-0.2, 0) is 6.42 Å². The van der Waals surface area contributed by atoms with Gasteiger partial charge in [0.15, 0.2) is 0 Å². The molecule has 2 heteroatoms. The highest BCUT2D eigenvalue weighted by atomic mass is 14.8. The van der Waals surface area contributed by atoms with Crippen molar-refractivity contribution in [2.24, 2.45) is 5.92 Å². The van der Waals surface area contributed by atoms with Crippen molar-refractivity contribution in [3.63, 3.8) is 0 Å². The van der Waals surface area contributed by atoms with Gasteiger partial charge in [-0.3, -0.25) is 0 Å². The van der Waals surface area contributed by atoms with Gasteiger partial charge in [0, 0.05) is 11.9 Å². The molecule has 0 amide bonds. The Hall–Kier alpha value is -0.920. The standard InChI is InChI=1S/C10H14N2/c1-7-3-4-10-9(8(7)2)5-11-6-12-10/h5-8H,3-4H2,1-2H3. The van der Waals surface area contributed by atoms with Gasteiger partial charge in [0.25, 0.3) is 0 Å². The summed E-state index contributed by atoms with van der Waals surface area (Å²) in [6.45, 7) is 4.58. The van der Waals surface area contributed by atoms with Crippen molar-refractivity contribution in [3.8, 4) is 0 Å². The molecule has 0 aromatic carbocycles. The van der Waals surface area contributed by atoms with E-state index in [1.54, 1.807) is 6.33 Å². The van der Waals surface area contributed by atoms with Crippen LogP contribution in [0.5, 0.6) is 0 Å². The summed E-state index contributed by atoms with van der Waals surface area (Å²) in [7, 11) is 0. The second-order valence-corrected chi connectivity index (χ2v) is 3.73. The Labute approximate surface area is 73.1 Å². The van der Waals surface area contributed by atoms with Crippen LogP contribution in [0.3, 0.4) is 0 Å². The number of aryl methyl sites for hydroxylation is 1. The van der Waals surface area contributed by atoms with Crippen molar-refractivity contribution in [2.45, 2.75) is 32.6 Å². The Morgan fingerprint density at radius 2 is 2.25 bits per heavy atom. The first-order valence-corrected chi connectivity index (χ1v) is 4.58. The molecule has 0 saturated heterocycles. The van der Waals surface area contributed by atoms with Gasteiger partial charge in [-0.05, 0) is 30.2 Å². The lowest BCUT2D eigenvalue weighted by molar-refractivity contribution is 0.419. The summed E-state index contributed by atoms with van der Waals surface area (Å²) in [5, 5.41) is 0. The molecule has 12 heavy (non-hydrogen) atoms. The smallest absolute Gasteiger partial charge is 0.115 e. The third-order valence-electron chi connectivity index (χ3n) is 3.01. The number of nitrogens with zero attached hydrogens (tertiary/aromatic N) is 2. The first-order valence-electron chi connectivity index (χ1n) is 4.58. The van der Waals surface area contributed by atoms with Crippen molar-refractivity contribution < 1.29 is 0 Å². The molecular weight excluding hydrogens is 148 g/mol. The minimum Gasteiger partial charge on any atom is -0.245 e. The predicted molar refractivity (Wildman–Crippen MR) is 47.9 cm³/mol. The minimum atomic E-state index is 0.634. The lowest BCUT2D eigenvalue weighted by Gasteiger charge is -2.26. The zero-order valence-electron chi connectivity index (χ0n) is 7.62. The number of hydrogen-bond donors (Lipinski definition) is 0. The Bertz CT molecular complexity index is 283. The highest BCUT2D eigenvalue weighted by Gasteiger charge is 2.23. The van der Waals surface area contributed by atoms with E-state index in [0.29, 0.717) is 5.92 Å². The van der Waals surface area contributed by atoms with Crippen LogP contribution in [0.15, 0.2) is 12.5 Å². The molecule has 0 aliphatic heterocycles. The average Bonchev–Trinajstić information content (AvgIpc) is 2.12. The van der Waals surface area contributed by atoms with Gasteiger partial charge in [0.2, 0.25) is 0 Å². The molecule has 0 N–H and O–H groups in total. The maximum Gasteiger partial charge on any atom is 0.115 e. The summed E-state index contributed by atoms with van der Waals surface area (Å²) in [5.41, 5.74) is 2.62. The lowest BCUT2D eigenvalue weighted by Crippen LogP contribution is -2.17. The fraction of sp³-hybridized carbons (Fsp3) is 0.600. The van der Waals surface area contributed by atoms with E-state index in [1.807, 2.05) is 6.20 Å². The largest absolute Gasteiger partial charge is 0.245 e. The second kappa shape index (κ2) is 2.85. The van der Waals surface area contributed by atoms with Gasteiger partial charge in [0.05, 0.1) is 0 Å². The van der Waals surface area contributed by atoms with Gasteiger partial charge in [-0.25, -0.2) is 9.97 Å². The summed E-state index contributed by atoms with van der Waals surface area (Å²) in [6, 6.07) is 0. The molecule has 0 fully saturated rings. The number of fused-ring (bicyclic) bond motifs is 1. The van der Waals surface area contributed by atoms with E-state index < -0.39 is 0 Å². The summed E-state index contributed by atoms with van der Waals surface area (Å²) in [6.07, 6.45) is 6.03. The first kappa shape index (κ1) is 7.71. The summed E-state index contributed by atoms with van der Waals surface area (Å²) in [4.78, 5) is 8.36. The van der Waals surface area contributed by atoms with E-state index >= 15 is 0 Å². The Morgan fingerprint density at radius 3 is 3.08 bits per heavy atom. The molecule has 1 aliphatic carbocycles. The van der Waals surface area contributed by atoms with Crippen LogP contribution in [0, 0.1) is 5.92 Å². The second-order valence-electron chi connectivity index (χ2n) is 3.73. The van der Waals surface area contributed by atoms with Crippen molar-refractivity contribution in [3.05, 3.63) is 23.8 Å². The van der Waals surface area contributed by atoms with Crippen molar-refractivity contribution in [1.82, 2.24) is 9.97 Å². The zero-order valence-corrected chi connectivity index (χ0v) is 7.62. The van der Waals surface area contributed by atoms with Gasteiger partial charge in [-0.15, -0.1) is 0 Å². The van der Waals surface area contributed by atoms with E-state index in [-0.39, 0.29) is 0 Å². The summed E-state index contributed by atoms with van der Waals surface area (Å²) in [5.74, 6) is 1.42. The van der Waals surface area contributed by atoms with Gasteiger partial charge in [-0.1, -0.05) is 13.8 Å². The van der Waals surface area contributed by atoms with Crippen LogP contribution in [0.2, 0.25) is 0 Å². The Kier molecular flexibility index (Phi) is 1.83. The van der Waals surface area contributed by atoms with E-state index in [2.05, 4.69) is 23.8 Å². The lowest BCUT2D eigenvalue weighted by atomic mass is 9.80. The molecule has 2 nitrogen and oxygen atoms in total. The quantitative estimate of drug-likeness (QED) is 0.584. The van der Waals surface area contributed by atoms with Crippen molar-refractivity contribution in [1.29, 1.82) is 0 Å². The van der Waals surface area contributed by atoms with Gasteiger partial charge in [0.1, 0.15) is 6.33 Å². The van der Waals surface area contributed by atoms with Crippen molar-refractivity contribution >= 4 is 0 Å². The molecule has 0 radical (unpaired) electrons. The number of aromatic nitrogens is 2. The van der Waals surface area contributed by atoms with Crippen molar-refractivity contribution in [2.75, 3.05) is 0 Å². The van der Waals surface area contributed by atoms with Crippen LogP contribution in [0.4, 0.5) is 0 Å². The van der Waals surface area contributed by atoms with E-state index in [1.165, 1.54) is 17.7 Å². The molecule has 1 aliphatic rings. The molecule has 2 rings (SSSR count). The maximum atomic E-state index is 4.29. The molecule has 1 heterocycles. The molecule has 0 saturated carbocycles. The van der Waals surface area contributed by atoms with Crippen LogP contribution in [0.1, 0.15) is 37.4 Å². The monoisotopic (exact) mass is 162 g/mol. The van der Waals surface area contributed by atoms with E-state index in [0.717, 1.165) is 12.3 Å². The van der Waals surface area contributed by atoms with Gasteiger partial charge in [-0.2, -0.15) is 0 Å². The maximum absolute atomic E-state index is 4.29. The Balaban J connectivity index is 2.42. The zero-order chi connectivity index (χ0) is 8.55. The normalized spacial score (nSPS) is 28.2. The number of hydrogen-bond acceptors (Lipinski definition) is 2. The fourth-order valence-corrected chi connectivity index (χ4v) is 1.88. The number of rotatable bonds is 0. The van der Waals surface area contributed by atoms with Crippen LogP contribution < -0.4 is 0 Å². The minimum absolute atomic E-state index is 0.634. The first-order chi connectivity index (χ1) is 5.79. The molecule has 2 unspecified atom stereocenters. The molecule has 0 spiro atoms. The molecule has 2 atom stereocenters. The molecule has 64 valence electrons. The van der Waals surface area contributed by atoms with Gasteiger partial charge >= 0.3 is 0 Å². The third kappa shape index (κ3) is 1.11. The SMILES string of the molecule is CC1CCc2ncncc2C1C. The highest BCUT2D eigenvalue weighted by molar-refractivity contribution is 5.23. The van der Waals surface area contributed by atoms with E-state index in [4.69, 9.17) is 0 Å². The Morgan fingerprint density at radius 1 is 1.42 bits per heavy atom. The van der Waals surface area contributed by atoms with Gasteiger partial charge < -0.3 is 0 Å². The highest BCUT2D eigenvalue weighted by Crippen LogP contribution is 2.33. The van der Waals surface area contributed by atoms with E-state index in [9.17, 15) is 0 Å². The summed E-state index contributed by atoms with van der Waals surface area (Å²) >= 11 is 0. The van der Waals surface area contributed by atoms with Crippen LogP contribution in [0.25, 0.3) is 0 Å². The van der Waals surface area contributed by atoms with Crippen LogP contribution >= 0.6 is 0 Å². The fourth-order valence-electron chi connectivity index (χ4n) is 1.88. The topological polar surface area (TPSA) is 25.8 Å².